The summed E-state index contributed by atoms with van der Waals surface area (Å²) in [6, 6.07) is 8.01. The van der Waals surface area contributed by atoms with Crippen LogP contribution in [-0.2, 0) is 0 Å². The van der Waals surface area contributed by atoms with Gasteiger partial charge in [0, 0.05) is 53.7 Å². The van der Waals surface area contributed by atoms with Gasteiger partial charge in [0.2, 0.25) is 0 Å². The van der Waals surface area contributed by atoms with Gasteiger partial charge in [0.05, 0.1) is 18.0 Å². The lowest BCUT2D eigenvalue weighted by atomic mass is 9.98. The van der Waals surface area contributed by atoms with Crippen LogP contribution in [0, 0.1) is 6.92 Å². The standard InChI is InChI=1S/C21H23N5O.H2S/c1-13(17-6-7-22-20-14(2)11-27-21(17)20)9-24-19-8-18(25-12-26-19)16-5-4-15(3)23-10-16;/h4-8,10,12-14H,9,11H2,1-3H3,(H,24,25,26);1H2/t13-,14-;/m1./s1. The Morgan fingerprint density at radius 3 is 2.82 bits per heavy atom. The van der Waals surface area contributed by atoms with Crippen molar-refractivity contribution in [3.63, 3.8) is 0 Å². The first-order chi connectivity index (χ1) is 13.1. The van der Waals surface area contributed by atoms with Crippen molar-refractivity contribution in [2.75, 3.05) is 18.5 Å². The Kier molecular flexibility index (Phi) is 6.14. The van der Waals surface area contributed by atoms with E-state index in [1.54, 1.807) is 6.33 Å². The van der Waals surface area contributed by atoms with Crippen LogP contribution >= 0.6 is 13.5 Å². The fourth-order valence-corrected chi connectivity index (χ4v) is 3.26. The van der Waals surface area contributed by atoms with Gasteiger partial charge >= 0.3 is 0 Å². The van der Waals surface area contributed by atoms with Crippen LogP contribution in [0.4, 0.5) is 5.82 Å². The average Bonchev–Trinajstić information content (AvgIpc) is 3.08. The molecule has 0 spiro atoms. The maximum Gasteiger partial charge on any atom is 0.144 e. The first kappa shape index (κ1) is 20.1. The SMILES string of the molecule is Cc1ccc(-c2cc(NC[C@@H](C)c3ccnc4c3OC[C@H]4C)ncn2)cn1.S. The zero-order chi connectivity index (χ0) is 18.8. The highest BCUT2D eigenvalue weighted by molar-refractivity contribution is 7.59. The summed E-state index contributed by atoms with van der Waals surface area (Å²) in [6.07, 6.45) is 5.29. The Bertz CT molecular complexity index is 948. The molecule has 0 unspecified atom stereocenters. The van der Waals surface area contributed by atoms with Gasteiger partial charge in [0.25, 0.3) is 0 Å². The summed E-state index contributed by atoms with van der Waals surface area (Å²) in [5.74, 6) is 2.37. The van der Waals surface area contributed by atoms with E-state index in [0.717, 1.165) is 40.8 Å². The number of hydrogen-bond donors (Lipinski definition) is 1. The summed E-state index contributed by atoms with van der Waals surface area (Å²) in [7, 11) is 0. The molecule has 0 aromatic carbocycles. The molecule has 3 aromatic rings. The van der Waals surface area contributed by atoms with Gasteiger partial charge in [-0.15, -0.1) is 0 Å². The van der Waals surface area contributed by atoms with Gasteiger partial charge < -0.3 is 10.1 Å². The second-order valence-electron chi connectivity index (χ2n) is 7.09. The van der Waals surface area contributed by atoms with Gasteiger partial charge in [0.1, 0.15) is 17.9 Å². The second kappa shape index (κ2) is 8.56. The zero-order valence-electron chi connectivity index (χ0n) is 16.3. The minimum Gasteiger partial charge on any atom is -0.491 e. The van der Waals surface area contributed by atoms with Crippen molar-refractivity contribution in [1.82, 2.24) is 19.9 Å². The Labute approximate surface area is 172 Å². The van der Waals surface area contributed by atoms with Crippen molar-refractivity contribution in [2.45, 2.75) is 32.6 Å². The summed E-state index contributed by atoms with van der Waals surface area (Å²) < 4.78 is 5.88. The highest BCUT2D eigenvalue weighted by Gasteiger charge is 2.26. The molecule has 0 saturated carbocycles. The van der Waals surface area contributed by atoms with Crippen molar-refractivity contribution in [1.29, 1.82) is 0 Å². The summed E-state index contributed by atoms with van der Waals surface area (Å²) >= 11 is 0. The number of fused-ring (bicyclic) bond motifs is 1. The van der Waals surface area contributed by atoms with Crippen LogP contribution in [0.3, 0.4) is 0 Å². The third-order valence-corrected chi connectivity index (χ3v) is 4.90. The number of aryl methyl sites for hydroxylation is 1. The predicted molar refractivity (Wildman–Crippen MR) is 115 cm³/mol. The molecular formula is C21H25N5OS. The highest BCUT2D eigenvalue weighted by Crippen LogP contribution is 2.38. The molecule has 1 N–H and O–H groups in total. The number of nitrogens with one attached hydrogen (secondary N) is 1. The normalized spacial score (nSPS) is 15.9. The van der Waals surface area contributed by atoms with Crippen molar-refractivity contribution in [2.24, 2.45) is 0 Å². The van der Waals surface area contributed by atoms with E-state index in [1.165, 1.54) is 5.56 Å². The Balaban J connectivity index is 0.00000225. The second-order valence-corrected chi connectivity index (χ2v) is 7.09. The van der Waals surface area contributed by atoms with Crippen LogP contribution in [0.25, 0.3) is 11.3 Å². The van der Waals surface area contributed by atoms with Gasteiger partial charge in [-0.25, -0.2) is 9.97 Å². The number of nitrogens with zero attached hydrogens (tertiary/aromatic N) is 4. The first-order valence-electron chi connectivity index (χ1n) is 9.22. The molecule has 1 aliphatic rings. The number of hydrogen-bond acceptors (Lipinski definition) is 6. The summed E-state index contributed by atoms with van der Waals surface area (Å²) in [4.78, 5) is 17.5. The van der Waals surface area contributed by atoms with Crippen LogP contribution in [0.5, 0.6) is 5.75 Å². The lowest BCUT2D eigenvalue weighted by molar-refractivity contribution is 0.333. The summed E-state index contributed by atoms with van der Waals surface area (Å²) in [5.41, 5.74) is 5.08. The fraction of sp³-hybridized carbons (Fsp3) is 0.333. The predicted octanol–water partition coefficient (Wildman–Crippen LogP) is 4.07. The van der Waals surface area contributed by atoms with Gasteiger partial charge in [-0.1, -0.05) is 13.8 Å². The fourth-order valence-electron chi connectivity index (χ4n) is 3.26. The van der Waals surface area contributed by atoms with Gasteiger partial charge in [-0.3, -0.25) is 9.97 Å². The molecule has 0 radical (unpaired) electrons. The smallest absolute Gasteiger partial charge is 0.144 e. The maximum atomic E-state index is 5.88. The topological polar surface area (TPSA) is 72.8 Å². The highest BCUT2D eigenvalue weighted by atomic mass is 32.1. The van der Waals surface area contributed by atoms with Gasteiger partial charge in [-0.2, -0.15) is 13.5 Å². The van der Waals surface area contributed by atoms with E-state index >= 15 is 0 Å². The molecular weight excluding hydrogens is 370 g/mol. The van der Waals surface area contributed by atoms with Crippen LogP contribution in [-0.4, -0.2) is 33.1 Å². The third-order valence-electron chi connectivity index (χ3n) is 4.90. The van der Waals surface area contributed by atoms with Crippen LogP contribution in [0.2, 0.25) is 0 Å². The van der Waals surface area contributed by atoms with E-state index in [9.17, 15) is 0 Å². The van der Waals surface area contributed by atoms with Crippen molar-refractivity contribution in [3.05, 3.63) is 59.9 Å². The largest absolute Gasteiger partial charge is 0.491 e. The van der Waals surface area contributed by atoms with Gasteiger partial charge in [0.15, 0.2) is 0 Å². The number of ether oxygens (including phenoxy) is 1. The molecule has 0 saturated heterocycles. The lowest BCUT2D eigenvalue weighted by Crippen LogP contribution is -2.12. The van der Waals surface area contributed by atoms with E-state index in [1.807, 2.05) is 43.6 Å². The van der Waals surface area contributed by atoms with Crippen LogP contribution in [0.15, 0.2) is 43.0 Å². The number of pyridine rings is 2. The molecule has 146 valence electrons. The van der Waals surface area contributed by atoms with E-state index in [-0.39, 0.29) is 19.4 Å². The molecule has 3 aromatic heterocycles. The van der Waals surface area contributed by atoms with Gasteiger partial charge in [-0.05, 0) is 25.1 Å². The molecule has 4 heterocycles. The van der Waals surface area contributed by atoms with Crippen molar-refractivity contribution < 1.29 is 4.74 Å². The molecule has 0 fully saturated rings. The maximum absolute atomic E-state index is 5.88. The van der Waals surface area contributed by atoms with Crippen molar-refractivity contribution >= 4 is 19.3 Å². The summed E-state index contributed by atoms with van der Waals surface area (Å²) in [5, 5.41) is 3.42. The molecule has 0 aliphatic carbocycles. The molecule has 28 heavy (non-hydrogen) atoms. The summed E-state index contributed by atoms with van der Waals surface area (Å²) in [6.45, 7) is 7.75. The molecule has 4 rings (SSSR count). The molecule has 7 heteroatoms. The van der Waals surface area contributed by atoms with Crippen LogP contribution in [0.1, 0.15) is 42.6 Å². The monoisotopic (exact) mass is 395 g/mol. The molecule has 6 nitrogen and oxygen atoms in total. The van der Waals surface area contributed by atoms with E-state index in [4.69, 9.17) is 4.74 Å². The molecule has 2 atom stereocenters. The Morgan fingerprint density at radius 2 is 2.04 bits per heavy atom. The molecule has 1 aliphatic heterocycles. The van der Waals surface area contributed by atoms with E-state index in [2.05, 4.69) is 39.1 Å². The third kappa shape index (κ3) is 4.09. The molecule has 0 bridgehead atoms. The Morgan fingerprint density at radius 1 is 1.18 bits per heavy atom. The Hall–Kier alpha value is -2.67. The quantitative estimate of drug-likeness (QED) is 0.702. The van der Waals surface area contributed by atoms with E-state index in [0.29, 0.717) is 12.5 Å². The lowest BCUT2D eigenvalue weighted by Gasteiger charge is -2.16. The number of aromatic nitrogens is 4. The number of anilines is 1. The van der Waals surface area contributed by atoms with Crippen LogP contribution < -0.4 is 10.1 Å². The van der Waals surface area contributed by atoms with Crippen molar-refractivity contribution in [3.8, 4) is 17.0 Å². The minimum atomic E-state index is 0. The van der Waals surface area contributed by atoms with E-state index < -0.39 is 0 Å². The average molecular weight is 396 g/mol. The number of rotatable bonds is 5. The molecule has 0 amide bonds. The minimum absolute atomic E-state index is 0. The zero-order valence-corrected chi connectivity index (χ0v) is 17.3. The first-order valence-corrected chi connectivity index (χ1v) is 9.22.